The van der Waals surface area contributed by atoms with Crippen molar-refractivity contribution < 1.29 is 9.21 Å². The Kier molecular flexibility index (Phi) is 3.96. The highest BCUT2D eigenvalue weighted by molar-refractivity contribution is 6.00. The van der Waals surface area contributed by atoms with Gasteiger partial charge in [0.25, 0.3) is 0 Å². The van der Waals surface area contributed by atoms with Crippen LogP contribution < -0.4 is 4.90 Å². The van der Waals surface area contributed by atoms with Gasteiger partial charge >= 0.3 is 0 Å². The number of carbonyl (C=O) groups is 1. The largest absolute Gasteiger partial charge is 0.467 e. The molecule has 0 saturated heterocycles. The minimum absolute atomic E-state index is 0.176. The standard InChI is InChI=1S/C21H22N2O2/c1-15-12-19(16(2)23(15)13-18-7-5-11-25-18)21(24)14-22-10-9-17-6-3-4-8-20(17)22/h3-8,11-12H,9-10,13-14H2,1-2H3. The van der Waals surface area contributed by atoms with E-state index >= 15 is 0 Å². The van der Waals surface area contributed by atoms with Crippen LogP contribution in [0.3, 0.4) is 0 Å². The summed E-state index contributed by atoms with van der Waals surface area (Å²) in [7, 11) is 0. The maximum atomic E-state index is 12.9. The molecular formula is C21H22N2O2. The Hall–Kier alpha value is -2.75. The van der Waals surface area contributed by atoms with Crippen LogP contribution in [-0.2, 0) is 13.0 Å². The molecule has 0 spiro atoms. The first-order valence-corrected chi connectivity index (χ1v) is 8.68. The summed E-state index contributed by atoms with van der Waals surface area (Å²) in [6.45, 7) is 6.06. The molecule has 0 saturated carbocycles. The van der Waals surface area contributed by atoms with Crippen LogP contribution >= 0.6 is 0 Å². The van der Waals surface area contributed by atoms with E-state index in [1.54, 1.807) is 6.26 Å². The number of aryl methyl sites for hydroxylation is 1. The number of Topliss-reactive ketones (excluding diaryl/α,β-unsaturated/α-hetero) is 1. The average molecular weight is 334 g/mol. The van der Waals surface area contributed by atoms with E-state index in [1.807, 2.05) is 38.1 Å². The summed E-state index contributed by atoms with van der Waals surface area (Å²) in [6.07, 6.45) is 2.70. The van der Waals surface area contributed by atoms with E-state index in [4.69, 9.17) is 4.42 Å². The average Bonchev–Trinajstić information content (AvgIpc) is 3.32. The van der Waals surface area contributed by atoms with Crippen molar-refractivity contribution >= 4 is 11.5 Å². The molecule has 0 atom stereocenters. The second-order valence-electron chi connectivity index (χ2n) is 6.67. The van der Waals surface area contributed by atoms with Crippen molar-refractivity contribution in [1.29, 1.82) is 0 Å². The third-order valence-electron chi connectivity index (χ3n) is 5.09. The van der Waals surface area contributed by atoms with Crippen molar-refractivity contribution in [2.75, 3.05) is 18.0 Å². The van der Waals surface area contributed by atoms with Gasteiger partial charge in [-0.1, -0.05) is 18.2 Å². The topological polar surface area (TPSA) is 38.4 Å². The first-order chi connectivity index (χ1) is 12.1. The van der Waals surface area contributed by atoms with Gasteiger partial charge in [0.05, 0.1) is 19.4 Å². The number of benzene rings is 1. The van der Waals surface area contributed by atoms with Crippen molar-refractivity contribution in [3.63, 3.8) is 0 Å². The van der Waals surface area contributed by atoms with E-state index in [2.05, 4.69) is 27.7 Å². The van der Waals surface area contributed by atoms with Crippen molar-refractivity contribution in [2.45, 2.75) is 26.8 Å². The molecule has 128 valence electrons. The predicted molar refractivity (Wildman–Crippen MR) is 98.4 cm³/mol. The van der Waals surface area contributed by atoms with Crippen molar-refractivity contribution in [3.05, 3.63) is 77.0 Å². The maximum Gasteiger partial charge on any atom is 0.183 e. The second-order valence-corrected chi connectivity index (χ2v) is 6.67. The minimum Gasteiger partial charge on any atom is -0.467 e. The summed E-state index contributed by atoms with van der Waals surface area (Å²) in [5.74, 6) is 1.07. The van der Waals surface area contributed by atoms with Gasteiger partial charge in [0, 0.05) is 29.2 Å². The van der Waals surface area contributed by atoms with E-state index in [-0.39, 0.29) is 5.78 Å². The zero-order valence-corrected chi connectivity index (χ0v) is 14.7. The molecule has 4 rings (SSSR count). The number of hydrogen-bond donors (Lipinski definition) is 0. The van der Waals surface area contributed by atoms with Gasteiger partial charge in [0.15, 0.2) is 5.78 Å². The minimum atomic E-state index is 0.176. The highest BCUT2D eigenvalue weighted by atomic mass is 16.3. The fourth-order valence-electron chi connectivity index (χ4n) is 3.71. The van der Waals surface area contributed by atoms with Gasteiger partial charge in [-0.15, -0.1) is 0 Å². The quantitative estimate of drug-likeness (QED) is 0.662. The Labute approximate surface area is 147 Å². The van der Waals surface area contributed by atoms with E-state index < -0.39 is 0 Å². The lowest BCUT2D eigenvalue weighted by Crippen LogP contribution is -2.28. The molecule has 0 N–H and O–H groups in total. The second kappa shape index (κ2) is 6.28. The molecule has 1 aliphatic rings. The maximum absolute atomic E-state index is 12.9. The fourth-order valence-corrected chi connectivity index (χ4v) is 3.71. The zero-order chi connectivity index (χ0) is 17.4. The number of anilines is 1. The number of furan rings is 1. The summed E-state index contributed by atoms with van der Waals surface area (Å²) in [4.78, 5) is 15.1. The Bertz CT molecular complexity index is 906. The van der Waals surface area contributed by atoms with Crippen LogP contribution in [0.15, 0.2) is 53.1 Å². The Balaban J connectivity index is 1.55. The summed E-state index contributed by atoms with van der Waals surface area (Å²) >= 11 is 0. The van der Waals surface area contributed by atoms with Crippen molar-refractivity contribution in [3.8, 4) is 0 Å². The molecule has 0 fully saturated rings. The van der Waals surface area contributed by atoms with Crippen LogP contribution in [0.4, 0.5) is 5.69 Å². The number of ketones is 1. The third kappa shape index (κ3) is 2.88. The number of aromatic nitrogens is 1. The predicted octanol–water partition coefficient (Wildman–Crippen LogP) is 3.99. The van der Waals surface area contributed by atoms with Gasteiger partial charge in [-0.3, -0.25) is 4.79 Å². The van der Waals surface area contributed by atoms with Gasteiger partial charge < -0.3 is 13.9 Å². The highest BCUT2D eigenvalue weighted by Crippen LogP contribution is 2.28. The van der Waals surface area contributed by atoms with Crippen LogP contribution in [-0.4, -0.2) is 23.4 Å². The molecule has 1 aliphatic heterocycles. The number of hydrogen-bond acceptors (Lipinski definition) is 3. The summed E-state index contributed by atoms with van der Waals surface area (Å²) in [5.41, 5.74) is 5.43. The van der Waals surface area contributed by atoms with Gasteiger partial charge in [0.1, 0.15) is 5.76 Å². The molecule has 0 unspecified atom stereocenters. The highest BCUT2D eigenvalue weighted by Gasteiger charge is 2.23. The molecule has 3 aromatic rings. The lowest BCUT2D eigenvalue weighted by Gasteiger charge is -2.18. The molecule has 0 aliphatic carbocycles. The van der Waals surface area contributed by atoms with E-state index in [9.17, 15) is 4.79 Å². The lowest BCUT2D eigenvalue weighted by molar-refractivity contribution is 0.0999. The number of fused-ring (bicyclic) bond motifs is 1. The first-order valence-electron chi connectivity index (χ1n) is 8.68. The third-order valence-corrected chi connectivity index (χ3v) is 5.09. The Morgan fingerprint density at radius 1 is 1.16 bits per heavy atom. The van der Waals surface area contributed by atoms with Gasteiger partial charge in [0.2, 0.25) is 0 Å². The molecule has 4 nitrogen and oxygen atoms in total. The van der Waals surface area contributed by atoms with Gasteiger partial charge in [-0.05, 0) is 50.1 Å². The first kappa shape index (κ1) is 15.8. The van der Waals surface area contributed by atoms with E-state index in [1.165, 1.54) is 11.3 Å². The van der Waals surface area contributed by atoms with Crippen LogP contribution in [0.5, 0.6) is 0 Å². The molecule has 1 aromatic carbocycles. The molecule has 4 heteroatoms. The monoisotopic (exact) mass is 334 g/mol. The number of para-hydroxylation sites is 1. The Morgan fingerprint density at radius 2 is 2.00 bits per heavy atom. The van der Waals surface area contributed by atoms with Crippen LogP contribution in [0.1, 0.15) is 33.1 Å². The molecule has 25 heavy (non-hydrogen) atoms. The molecular weight excluding hydrogens is 312 g/mol. The fraction of sp³-hybridized carbons (Fsp3) is 0.286. The number of rotatable bonds is 5. The lowest BCUT2D eigenvalue weighted by atomic mass is 10.1. The molecule has 2 aromatic heterocycles. The van der Waals surface area contributed by atoms with Crippen LogP contribution in [0.25, 0.3) is 0 Å². The zero-order valence-electron chi connectivity index (χ0n) is 14.7. The van der Waals surface area contributed by atoms with Crippen LogP contribution in [0, 0.1) is 13.8 Å². The SMILES string of the molecule is Cc1cc(C(=O)CN2CCc3ccccc32)c(C)n1Cc1ccco1. The van der Waals surface area contributed by atoms with Gasteiger partial charge in [-0.2, -0.15) is 0 Å². The van der Waals surface area contributed by atoms with Gasteiger partial charge in [-0.25, -0.2) is 0 Å². The molecule has 0 radical (unpaired) electrons. The molecule has 0 amide bonds. The van der Waals surface area contributed by atoms with E-state index in [0.717, 1.165) is 35.7 Å². The van der Waals surface area contributed by atoms with E-state index in [0.29, 0.717) is 13.1 Å². The molecule has 0 bridgehead atoms. The summed E-state index contributed by atoms with van der Waals surface area (Å²) in [5, 5.41) is 0. The van der Waals surface area contributed by atoms with Crippen LogP contribution in [0.2, 0.25) is 0 Å². The molecule has 3 heterocycles. The summed E-state index contributed by atoms with van der Waals surface area (Å²) in [6, 6.07) is 14.2. The normalized spacial score (nSPS) is 13.3. The Morgan fingerprint density at radius 3 is 2.80 bits per heavy atom. The smallest absolute Gasteiger partial charge is 0.183 e. The van der Waals surface area contributed by atoms with Crippen molar-refractivity contribution in [1.82, 2.24) is 4.57 Å². The number of nitrogens with zero attached hydrogens (tertiary/aromatic N) is 2. The van der Waals surface area contributed by atoms with Crippen molar-refractivity contribution in [2.24, 2.45) is 0 Å². The summed E-state index contributed by atoms with van der Waals surface area (Å²) < 4.78 is 7.59. The number of carbonyl (C=O) groups excluding carboxylic acids is 1.